The molecular weight excluding hydrogens is 292 g/mol. The number of aromatic nitrogens is 2. The number of methoxy groups -OCH3 is 1. The molecule has 0 aliphatic heterocycles. The Kier molecular flexibility index (Phi) is 4.10. The zero-order valence-electron chi connectivity index (χ0n) is 12.5. The first-order chi connectivity index (χ1) is 11.2. The lowest BCUT2D eigenvalue weighted by Crippen LogP contribution is -2.11. The molecule has 0 aliphatic rings. The maximum Gasteiger partial charge on any atom is 0.356 e. The molecule has 0 amide bonds. The van der Waals surface area contributed by atoms with E-state index in [0.717, 1.165) is 16.5 Å². The summed E-state index contributed by atoms with van der Waals surface area (Å²) in [6, 6.07) is 14.2. The van der Waals surface area contributed by atoms with Crippen molar-refractivity contribution in [2.45, 2.75) is 6.42 Å². The Morgan fingerprint density at radius 2 is 1.78 bits per heavy atom. The van der Waals surface area contributed by atoms with Gasteiger partial charge in [0, 0.05) is 18.0 Å². The molecule has 0 saturated heterocycles. The quantitative estimate of drug-likeness (QED) is 0.547. The van der Waals surface area contributed by atoms with E-state index in [0.29, 0.717) is 0 Å². The number of Topliss-reactive ketones (excluding diaryl/α,β-unsaturated/α-hetero) is 1. The Hall–Kier alpha value is -3.08. The molecule has 0 fully saturated rings. The van der Waals surface area contributed by atoms with Crippen molar-refractivity contribution < 1.29 is 14.3 Å². The summed E-state index contributed by atoms with van der Waals surface area (Å²) < 4.78 is 4.63. The lowest BCUT2D eigenvalue weighted by molar-refractivity contribution is 0.0594. The predicted octanol–water partition coefficient (Wildman–Crippen LogP) is 2.84. The average molecular weight is 306 g/mol. The van der Waals surface area contributed by atoms with E-state index in [2.05, 4.69) is 14.7 Å². The van der Waals surface area contributed by atoms with E-state index < -0.39 is 5.97 Å². The lowest BCUT2D eigenvalue weighted by Gasteiger charge is -2.06. The highest BCUT2D eigenvalue weighted by Gasteiger charge is 2.14. The highest BCUT2D eigenvalue weighted by Crippen LogP contribution is 2.18. The van der Waals surface area contributed by atoms with Crippen molar-refractivity contribution in [3.05, 3.63) is 71.7 Å². The van der Waals surface area contributed by atoms with Gasteiger partial charge in [0.05, 0.1) is 12.6 Å². The number of carbonyl (C=O) groups is 2. The van der Waals surface area contributed by atoms with E-state index in [1.54, 1.807) is 18.3 Å². The van der Waals surface area contributed by atoms with Gasteiger partial charge in [-0.25, -0.2) is 9.78 Å². The van der Waals surface area contributed by atoms with Crippen LogP contribution in [0.15, 0.2) is 54.7 Å². The van der Waals surface area contributed by atoms with Crippen LogP contribution in [0.3, 0.4) is 0 Å². The maximum atomic E-state index is 12.5. The van der Waals surface area contributed by atoms with Gasteiger partial charge in [-0.3, -0.25) is 9.78 Å². The van der Waals surface area contributed by atoms with Crippen LogP contribution < -0.4 is 0 Å². The van der Waals surface area contributed by atoms with E-state index in [1.807, 2.05) is 30.3 Å². The molecule has 0 bridgehead atoms. The first-order valence-corrected chi connectivity index (χ1v) is 7.10. The molecule has 5 nitrogen and oxygen atoms in total. The summed E-state index contributed by atoms with van der Waals surface area (Å²) in [6.45, 7) is 0. The molecule has 23 heavy (non-hydrogen) atoms. The van der Waals surface area contributed by atoms with Gasteiger partial charge < -0.3 is 4.74 Å². The number of hydrogen-bond acceptors (Lipinski definition) is 5. The average Bonchev–Trinajstić information content (AvgIpc) is 2.61. The number of hydrogen-bond donors (Lipinski definition) is 0. The van der Waals surface area contributed by atoms with Crippen LogP contribution in [-0.2, 0) is 11.2 Å². The third-order valence-corrected chi connectivity index (χ3v) is 3.52. The summed E-state index contributed by atoms with van der Waals surface area (Å²) in [6.07, 6.45) is 1.88. The Bertz CT molecular complexity index is 885. The minimum absolute atomic E-state index is 0.123. The van der Waals surface area contributed by atoms with Crippen molar-refractivity contribution in [2.24, 2.45) is 0 Å². The van der Waals surface area contributed by atoms with Gasteiger partial charge in [-0.1, -0.05) is 24.3 Å². The van der Waals surface area contributed by atoms with Gasteiger partial charge in [0.1, 0.15) is 11.4 Å². The number of carbonyl (C=O) groups excluding carboxylic acids is 2. The summed E-state index contributed by atoms with van der Waals surface area (Å²) in [4.78, 5) is 32.4. The van der Waals surface area contributed by atoms with E-state index in [9.17, 15) is 9.59 Å². The number of pyridine rings is 2. The van der Waals surface area contributed by atoms with E-state index in [-0.39, 0.29) is 23.6 Å². The van der Waals surface area contributed by atoms with E-state index >= 15 is 0 Å². The van der Waals surface area contributed by atoms with E-state index in [4.69, 9.17) is 0 Å². The van der Waals surface area contributed by atoms with Gasteiger partial charge in [-0.05, 0) is 29.8 Å². The lowest BCUT2D eigenvalue weighted by atomic mass is 10.0. The second-order valence-corrected chi connectivity index (χ2v) is 4.99. The van der Waals surface area contributed by atoms with E-state index in [1.165, 1.54) is 13.2 Å². The van der Waals surface area contributed by atoms with Crippen molar-refractivity contribution >= 4 is 22.7 Å². The minimum Gasteiger partial charge on any atom is -0.464 e. The van der Waals surface area contributed by atoms with Crippen LogP contribution >= 0.6 is 0 Å². The van der Waals surface area contributed by atoms with Gasteiger partial charge in [0.25, 0.3) is 0 Å². The molecule has 0 radical (unpaired) electrons. The first kappa shape index (κ1) is 14.8. The van der Waals surface area contributed by atoms with Crippen LogP contribution in [0.25, 0.3) is 10.9 Å². The van der Waals surface area contributed by atoms with Crippen LogP contribution in [0.2, 0.25) is 0 Å². The highest BCUT2D eigenvalue weighted by molar-refractivity contribution is 5.99. The van der Waals surface area contributed by atoms with Gasteiger partial charge >= 0.3 is 5.97 Å². The topological polar surface area (TPSA) is 69.2 Å². The van der Waals surface area contributed by atoms with Crippen LogP contribution in [0.5, 0.6) is 0 Å². The number of fused-ring (bicyclic) bond motifs is 1. The van der Waals surface area contributed by atoms with Crippen molar-refractivity contribution in [3.63, 3.8) is 0 Å². The molecule has 0 N–H and O–H groups in total. The molecule has 3 rings (SSSR count). The molecule has 0 spiro atoms. The van der Waals surface area contributed by atoms with Crippen molar-refractivity contribution in [1.29, 1.82) is 0 Å². The van der Waals surface area contributed by atoms with Gasteiger partial charge in [-0.15, -0.1) is 0 Å². The number of benzene rings is 1. The fraction of sp³-hybridized carbons (Fsp3) is 0.111. The third-order valence-electron chi connectivity index (χ3n) is 3.52. The summed E-state index contributed by atoms with van der Waals surface area (Å²) in [5.41, 5.74) is 2.09. The number of ether oxygens (including phenoxy) is 1. The predicted molar refractivity (Wildman–Crippen MR) is 85.4 cm³/mol. The molecule has 0 saturated carbocycles. The van der Waals surface area contributed by atoms with Crippen molar-refractivity contribution in [3.8, 4) is 0 Å². The van der Waals surface area contributed by atoms with Gasteiger partial charge in [-0.2, -0.15) is 0 Å². The molecule has 2 aromatic heterocycles. The Labute approximate surface area is 133 Å². The van der Waals surface area contributed by atoms with Crippen LogP contribution in [0, 0.1) is 0 Å². The number of esters is 1. The smallest absolute Gasteiger partial charge is 0.356 e. The van der Waals surface area contributed by atoms with Crippen LogP contribution in [0.1, 0.15) is 26.5 Å². The highest BCUT2D eigenvalue weighted by atomic mass is 16.5. The zero-order valence-corrected chi connectivity index (χ0v) is 12.5. The number of rotatable bonds is 4. The normalized spacial score (nSPS) is 10.5. The summed E-state index contributed by atoms with van der Waals surface area (Å²) in [5, 5.41) is 0.937. The summed E-state index contributed by atoms with van der Waals surface area (Å²) in [7, 11) is 1.28. The zero-order chi connectivity index (χ0) is 16.2. The molecule has 114 valence electrons. The molecule has 5 heteroatoms. The molecule has 0 aliphatic carbocycles. The third kappa shape index (κ3) is 3.08. The molecule has 1 aromatic carbocycles. The molecule has 3 aromatic rings. The largest absolute Gasteiger partial charge is 0.464 e. The number of ketones is 1. The standard InChI is InChI=1S/C18H14N2O3/c1-23-18(22)16-8-4-7-15(20-16)17(21)11-12-9-10-19-14-6-3-2-5-13(12)14/h2-10H,11H2,1H3. The summed E-state index contributed by atoms with van der Waals surface area (Å²) >= 11 is 0. The fourth-order valence-corrected chi connectivity index (χ4v) is 2.38. The Balaban J connectivity index is 1.91. The van der Waals surface area contributed by atoms with Gasteiger partial charge in [0.15, 0.2) is 5.78 Å². The second kappa shape index (κ2) is 6.36. The Morgan fingerprint density at radius 3 is 2.61 bits per heavy atom. The molecule has 2 heterocycles. The van der Waals surface area contributed by atoms with Crippen molar-refractivity contribution in [2.75, 3.05) is 7.11 Å². The molecule has 0 unspecified atom stereocenters. The maximum absolute atomic E-state index is 12.5. The molecule has 0 atom stereocenters. The minimum atomic E-state index is -0.561. The fourth-order valence-electron chi connectivity index (χ4n) is 2.38. The second-order valence-electron chi connectivity index (χ2n) is 4.99. The SMILES string of the molecule is COC(=O)c1cccc(C(=O)Cc2ccnc3ccccc23)n1. The number of para-hydroxylation sites is 1. The summed E-state index contributed by atoms with van der Waals surface area (Å²) in [5.74, 6) is -0.721. The van der Waals surface area contributed by atoms with Gasteiger partial charge in [0.2, 0.25) is 0 Å². The molecular formula is C18H14N2O3. The first-order valence-electron chi connectivity index (χ1n) is 7.10. The monoisotopic (exact) mass is 306 g/mol. The number of nitrogens with zero attached hydrogens (tertiary/aromatic N) is 2. The van der Waals surface area contributed by atoms with Crippen LogP contribution in [0.4, 0.5) is 0 Å². The Morgan fingerprint density at radius 1 is 1.00 bits per heavy atom. The van der Waals surface area contributed by atoms with Crippen LogP contribution in [-0.4, -0.2) is 28.8 Å². The van der Waals surface area contributed by atoms with Crippen molar-refractivity contribution in [1.82, 2.24) is 9.97 Å².